The first-order valence-corrected chi connectivity index (χ1v) is 15.8. The van der Waals surface area contributed by atoms with Gasteiger partial charge in [0.2, 0.25) is 15.9 Å². The predicted molar refractivity (Wildman–Crippen MR) is 155 cm³/mol. The third-order valence-corrected chi connectivity index (χ3v) is 10.0. The van der Waals surface area contributed by atoms with Gasteiger partial charge in [-0.15, -0.1) is 11.3 Å². The van der Waals surface area contributed by atoms with Gasteiger partial charge in [-0.2, -0.15) is 4.72 Å². The van der Waals surface area contributed by atoms with Gasteiger partial charge in [-0.25, -0.2) is 17.8 Å². The van der Waals surface area contributed by atoms with Crippen LogP contribution in [0.3, 0.4) is 0 Å². The molecule has 1 aromatic heterocycles. The first-order valence-electron chi connectivity index (χ1n) is 13.5. The average Bonchev–Trinajstić information content (AvgIpc) is 3.34. The summed E-state index contributed by atoms with van der Waals surface area (Å²) in [5.74, 6) is -0.326. The lowest BCUT2D eigenvalue weighted by atomic mass is 9.82. The lowest BCUT2D eigenvalue weighted by Crippen LogP contribution is -2.56. The Bertz CT molecular complexity index is 1440. The van der Waals surface area contributed by atoms with E-state index in [4.69, 9.17) is 0 Å². The fourth-order valence-electron chi connectivity index (χ4n) is 5.38. The fourth-order valence-corrected chi connectivity index (χ4v) is 7.81. The van der Waals surface area contributed by atoms with Crippen LogP contribution >= 0.6 is 11.3 Å². The van der Waals surface area contributed by atoms with Crippen molar-refractivity contribution in [3.8, 4) is 0 Å². The first kappa shape index (κ1) is 28.9. The average molecular weight is 590 g/mol. The minimum absolute atomic E-state index is 0.00342. The van der Waals surface area contributed by atoms with E-state index in [-0.39, 0.29) is 29.2 Å². The second kappa shape index (κ2) is 11.7. The van der Waals surface area contributed by atoms with Crippen LogP contribution in [0.25, 0.3) is 10.2 Å². The van der Waals surface area contributed by atoms with Gasteiger partial charge in [0.15, 0.2) is 0 Å². The number of para-hydroxylation sites is 2. The Morgan fingerprint density at radius 1 is 1.18 bits per heavy atom. The monoisotopic (exact) mass is 589 g/mol. The number of thiazole rings is 1. The summed E-state index contributed by atoms with van der Waals surface area (Å²) in [5, 5.41) is 13.6. The van der Waals surface area contributed by atoms with E-state index in [1.54, 1.807) is 17.0 Å². The number of fused-ring (bicyclic) bond motifs is 2. The number of carbonyl (C=O) groups excluding carboxylic acids is 1. The Balaban J connectivity index is 1.40. The highest BCUT2D eigenvalue weighted by molar-refractivity contribution is 7.89. The van der Waals surface area contributed by atoms with Crippen molar-refractivity contribution < 1.29 is 22.7 Å². The number of hydrogen-bond donors (Lipinski definition) is 3. The molecule has 2 aliphatic heterocycles. The number of nitrogens with one attached hydrogen (secondary N) is 2. The van der Waals surface area contributed by atoms with Crippen LogP contribution in [0.1, 0.15) is 24.4 Å². The van der Waals surface area contributed by atoms with Gasteiger partial charge in [-0.1, -0.05) is 38.1 Å². The zero-order valence-electron chi connectivity index (χ0n) is 22.8. The number of carbonyl (C=O) groups is 1. The molecule has 3 heterocycles. The van der Waals surface area contributed by atoms with Crippen LogP contribution < -0.4 is 10.0 Å². The quantitative estimate of drug-likeness (QED) is 0.352. The molecule has 0 radical (unpaired) electrons. The summed E-state index contributed by atoms with van der Waals surface area (Å²) in [6, 6.07) is 11.9. The molecule has 3 aromatic rings. The van der Waals surface area contributed by atoms with Gasteiger partial charge in [-0.3, -0.25) is 9.69 Å². The van der Waals surface area contributed by atoms with Crippen LogP contribution in [-0.2, 0) is 27.7 Å². The highest BCUT2D eigenvalue weighted by atomic mass is 32.2. The predicted octanol–water partition coefficient (Wildman–Crippen LogP) is 2.65. The number of amides is 1. The lowest BCUT2D eigenvalue weighted by molar-refractivity contribution is -0.134. The number of aliphatic hydroxyl groups is 1. The van der Waals surface area contributed by atoms with Crippen molar-refractivity contribution in [1.29, 1.82) is 0 Å². The van der Waals surface area contributed by atoms with Gasteiger partial charge >= 0.3 is 0 Å². The van der Waals surface area contributed by atoms with E-state index in [2.05, 4.69) is 28.9 Å². The van der Waals surface area contributed by atoms with Gasteiger partial charge in [0.1, 0.15) is 17.6 Å². The van der Waals surface area contributed by atoms with Crippen molar-refractivity contribution in [3.05, 3.63) is 53.0 Å². The van der Waals surface area contributed by atoms with Crippen molar-refractivity contribution in [2.75, 3.05) is 51.3 Å². The maximum absolute atomic E-state index is 13.8. The van der Waals surface area contributed by atoms with E-state index in [0.29, 0.717) is 43.4 Å². The number of piperazine rings is 1. The molecule has 0 bridgehead atoms. The molecule has 1 saturated heterocycles. The van der Waals surface area contributed by atoms with Gasteiger partial charge < -0.3 is 15.3 Å². The highest BCUT2D eigenvalue weighted by Gasteiger charge is 2.35. The number of aliphatic hydroxyl groups excluding tert-OH is 1. The SMILES string of the molecule is CC1(C)CNc2c(cccc2S(=O)(=O)N[C@@H](Cc2nc3ccccc3s2)C(=O)N2CCN(CC(O)CF)CC2)C1. The van der Waals surface area contributed by atoms with Crippen LogP contribution in [0, 0.1) is 5.41 Å². The molecule has 216 valence electrons. The number of sulfonamides is 1. The van der Waals surface area contributed by atoms with Crippen molar-refractivity contribution in [2.45, 2.75) is 43.7 Å². The number of hydrogen-bond acceptors (Lipinski definition) is 8. The Morgan fingerprint density at radius 2 is 1.93 bits per heavy atom. The zero-order chi connectivity index (χ0) is 28.5. The Labute approximate surface area is 238 Å². The van der Waals surface area contributed by atoms with E-state index in [9.17, 15) is 22.7 Å². The van der Waals surface area contributed by atoms with E-state index in [0.717, 1.165) is 22.2 Å². The van der Waals surface area contributed by atoms with Crippen molar-refractivity contribution >= 4 is 43.2 Å². The molecule has 1 amide bonds. The molecule has 9 nitrogen and oxygen atoms in total. The third-order valence-electron chi connectivity index (χ3n) is 7.46. The van der Waals surface area contributed by atoms with Crippen molar-refractivity contribution in [2.24, 2.45) is 5.41 Å². The molecule has 12 heteroatoms. The summed E-state index contributed by atoms with van der Waals surface area (Å²) in [6.45, 7) is 5.93. The van der Waals surface area contributed by atoms with E-state index >= 15 is 0 Å². The third kappa shape index (κ3) is 6.46. The molecule has 0 saturated carbocycles. The van der Waals surface area contributed by atoms with Crippen LogP contribution in [0.4, 0.5) is 10.1 Å². The van der Waals surface area contributed by atoms with Crippen LogP contribution in [0.2, 0.25) is 0 Å². The second-order valence-electron chi connectivity index (χ2n) is 11.4. The van der Waals surface area contributed by atoms with Crippen molar-refractivity contribution in [3.63, 3.8) is 0 Å². The van der Waals surface area contributed by atoms with Crippen LogP contribution in [0.5, 0.6) is 0 Å². The number of β-amino-alcohol motifs (C(OH)–C–C–N with tert-alkyl or cyclic N) is 1. The summed E-state index contributed by atoms with van der Waals surface area (Å²) in [4.78, 5) is 22.1. The van der Waals surface area contributed by atoms with Crippen LogP contribution in [-0.4, -0.2) is 92.3 Å². The molecule has 2 aliphatic rings. The Hall–Kier alpha value is -2.64. The Kier molecular flexibility index (Phi) is 8.44. The van der Waals surface area contributed by atoms with Gasteiger partial charge in [0.05, 0.1) is 27.0 Å². The van der Waals surface area contributed by atoms with Gasteiger partial charge in [0.25, 0.3) is 0 Å². The molecule has 1 fully saturated rings. The number of nitrogens with zero attached hydrogens (tertiary/aromatic N) is 3. The number of rotatable bonds is 9. The summed E-state index contributed by atoms with van der Waals surface area (Å²) < 4.78 is 44.1. The lowest BCUT2D eigenvalue weighted by Gasteiger charge is -2.37. The smallest absolute Gasteiger partial charge is 0.243 e. The molecular weight excluding hydrogens is 553 g/mol. The summed E-state index contributed by atoms with van der Waals surface area (Å²) in [5.41, 5.74) is 2.32. The topological polar surface area (TPSA) is 115 Å². The molecule has 3 N–H and O–H groups in total. The molecule has 1 unspecified atom stereocenters. The van der Waals surface area contributed by atoms with Crippen molar-refractivity contribution in [1.82, 2.24) is 19.5 Å². The zero-order valence-corrected chi connectivity index (χ0v) is 24.4. The van der Waals surface area contributed by atoms with Gasteiger partial charge in [0, 0.05) is 45.7 Å². The maximum atomic E-state index is 13.8. The summed E-state index contributed by atoms with van der Waals surface area (Å²) in [7, 11) is -4.07. The largest absolute Gasteiger partial charge is 0.389 e. The molecule has 0 aliphatic carbocycles. The number of halogens is 1. The number of alkyl halides is 1. The number of benzene rings is 2. The number of aromatic nitrogens is 1. The molecule has 2 atom stereocenters. The van der Waals surface area contributed by atoms with Crippen LogP contribution in [0.15, 0.2) is 47.4 Å². The normalized spacial score (nSPS) is 19.1. The summed E-state index contributed by atoms with van der Waals surface area (Å²) >= 11 is 1.44. The van der Waals surface area contributed by atoms with Gasteiger partial charge in [-0.05, 0) is 35.6 Å². The van der Waals surface area contributed by atoms with E-state index in [1.807, 2.05) is 35.2 Å². The second-order valence-corrected chi connectivity index (χ2v) is 14.2. The Morgan fingerprint density at radius 3 is 2.65 bits per heavy atom. The molecule has 2 aromatic carbocycles. The minimum Gasteiger partial charge on any atom is -0.389 e. The standard InChI is InChI=1S/C28H36FN5O4S2/c1-28(2)15-19-6-5-9-24(26(19)30-18-28)40(37,38)32-22(14-25-31-21-7-3-4-8-23(21)39-25)27(36)34-12-10-33(11-13-34)17-20(35)16-29/h3-9,20,22,30,32,35H,10-18H2,1-2H3/t20?,22-/m0/s1. The summed E-state index contributed by atoms with van der Waals surface area (Å²) in [6.07, 6.45) is -0.196. The fraction of sp³-hybridized carbons (Fsp3) is 0.500. The first-order chi connectivity index (χ1) is 19.0. The molecule has 0 spiro atoms. The minimum atomic E-state index is -4.07. The maximum Gasteiger partial charge on any atom is 0.243 e. The number of anilines is 1. The highest BCUT2D eigenvalue weighted by Crippen LogP contribution is 2.36. The molecule has 5 rings (SSSR count). The van der Waals surface area contributed by atoms with E-state index in [1.165, 1.54) is 11.3 Å². The van der Waals surface area contributed by atoms with E-state index < -0.39 is 28.8 Å². The molecular formula is C28H36FN5O4S2. The molecule has 40 heavy (non-hydrogen) atoms.